The van der Waals surface area contributed by atoms with E-state index in [1.54, 1.807) is 0 Å². The molecule has 1 aliphatic carbocycles. The minimum atomic E-state index is -0.231. The number of nitrogens with zero attached hydrogens (tertiary/aromatic N) is 1. The second-order valence-corrected chi connectivity index (χ2v) is 6.43. The highest BCUT2D eigenvalue weighted by molar-refractivity contribution is 8.00. The maximum atomic E-state index is 9.44. The molecule has 0 bridgehead atoms. The minimum Gasteiger partial charge on any atom is -0.379 e. The lowest BCUT2D eigenvalue weighted by Gasteiger charge is -2.31. The van der Waals surface area contributed by atoms with Crippen LogP contribution in [0.4, 0.5) is 0 Å². The van der Waals surface area contributed by atoms with Crippen LogP contribution in [-0.4, -0.2) is 36.3 Å². The molecule has 2 rings (SSSR count). The van der Waals surface area contributed by atoms with Crippen molar-refractivity contribution in [3.8, 4) is 6.07 Å². The Bertz CT molecular complexity index is 288. The molecular formula is C13H22N2OS. The van der Waals surface area contributed by atoms with Gasteiger partial charge in [-0.3, -0.25) is 5.32 Å². The molecule has 1 N–H and O–H groups in total. The molecule has 3 nitrogen and oxygen atoms in total. The van der Waals surface area contributed by atoms with Gasteiger partial charge in [0, 0.05) is 0 Å². The maximum Gasteiger partial charge on any atom is 0.109 e. The molecule has 1 aliphatic heterocycles. The SMILES string of the molecule is CCNC1(C#N)CCCC1CCSC1COC1. The predicted molar refractivity (Wildman–Crippen MR) is 71.0 cm³/mol. The fourth-order valence-electron chi connectivity index (χ4n) is 2.89. The third-order valence-corrected chi connectivity index (χ3v) is 5.15. The largest absolute Gasteiger partial charge is 0.379 e. The molecule has 0 aromatic heterocycles. The van der Waals surface area contributed by atoms with Crippen LogP contribution in [0.3, 0.4) is 0 Å². The van der Waals surface area contributed by atoms with Gasteiger partial charge in [0.1, 0.15) is 5.54 Å². The van der Waals surface area contributed by atoms with E-state index in [-0.39, 0.29) is 5.54 Å². The van der Waals surface area contributed by atoms with Crippen molar-refractivity contribution in [2.45, 2.75) is 43.4 Å². The summed E-state index contributed by atoms with van der Waals surface area (Å²) in [6, 6.07) is 2.55. The van der Waals surface area contributed by atoms with Crippen molar-refractivity contribution in [1.82, 2.24) is 5.32 Å². The molecule has 0 radical (unpaired) electrons. The van der Waals surface area contributed by atoms with Crippen molar-refractivity contribution < 1.29 is 4.74 Å². The first-order valence-electron chi connectivity index (χ1n) is 6.66. The fourth-order valence-corrected chi connectivity index (χ4v) is 4.03. The molecule has 4 heteroatoms. The van der Waals surface area contributed by atoms with Crippen LogP contribution in [0, 0.1) is 17.2 Å². The van der Waals surface area contributed by atoms with E-state index in [4.69, 9.17) is 4.74 Å². The Morgan fingerprint density at radius 2 is 2.35 bits per heavy atom. The second-order valence-electron chi connectivity index (χ2n) is 5.02. The summed E-state index contributed by atoms with van der Waals surface area (Å²) in [6.07, 6.45) is 4.60. The number of hydrogen-bond donors (Lipinski definition) is 1. The van der Waals surface area contributed by atoms with E-state index in [2.05, 4.69) is 18.3 Å². The highest BCUT2D eigenvalue weighted by Gasteiger charge is 2.42. The molecule has 2 aliphatic rings. The molecule has 1 saturated heterocycles. The van der Waals surface area contributed by atoms with E-state index in [0.29, 0.717) is 11.2 Å². The van der Waals surface area contributed by atoms with Crippen LogP contribution >= 0.6 is 11.8 Å². The quantitative estimate of drug-likeness (QED) is 0.789. The molecule has 2 fully saturated rings. The minimum absolute atomic E-state index is 0.231. The van der Waals surface area contributed by atoms with Gasteiger partial charge in [-0.25, -0.2) is 0 Å². The monoisotopic (exact) mass is 254 g/mol. The van der Waals surface area contributed by atoms with Crippen molar-refractivity contribution >= 4 is 11.8 Å². The van der Waals surface area contributed by atoms with Gasteiger partial charge in [0.2, 0.25) is 0 Å². The van der Waals surface area contributed by atoms with Crippen LogP contribution < -0.4 is 5.32 Å². The van der Waals surface area contributed by atoms with E-state index in [1.807, 2.05) is 11.8 Å². The van der Waals surface area contributed by atoms with E-state index in [9.17, 15) is 5.26 Å². The number of rotatable bonds is 6. The van der Waals surface area contributed by atoms with Gasteiger partial charge in [0.25, 0.3) is 0 Å². The van der Waals surface area contributed by atoms with Gasteiger partial charge in [-0.1, -0.05) is 13.3 Å². The first kappa shape index (κ1) is 13.2. The first-order valence-corrected chi connectivity index (χ1v) is 7.71. The Morgan fingerprint density at radius 1 is 1.53 bits per heavy atom. The smallest absolute Gasteiger partial charge is 0.109 e. The number of nitrogens with one attached hydrogen (secondary N) is 1. The normalized spacial score (nSPS) is 33.3. The predicted octanol–water partition coefficient (Wildman–Crippen LogP) is 2.18. The van der Waals surface area contributed by atoms with Gasteiger partial charge >= 0.3 is 0 Å². The van der Waals surface area contributed by atoms with Crippen molar-refractivity contribution in [2.75, 3.05) is 25.5 Å². The van der Waals surface area contributed by atoms with Gasteiger partial charge < -0.3 is 4.74 Å². The lowest BCUT2D eigenvalue weighted by atomic mass is 9.86. The van der Waals surface area contributed by atoms with Crippen LogP contribution in [-0.2, 0) is 4.74 Å². The van der Waals surface area contributed by atoms with E-state index in [1.165, 1.54) is 25.0 Å². The van der Waals surface area contributed by atoms with E-state index in [0.717, 1.165) is 26.2 Å². The summed E-state index contributed by atoms with van der Waals surface area (Å²) < 4.78 is 5.17. The number of thioether (sulfide) groups is 1. The lowest BCUT2D eigenvalue weighted by molar-refractivity contribution is 0.0455. The van der Waals surface area contributed by atoms with Crippen LogP contribution in [0.1, 0.15) is 32.6 Å². The van der Waals surface area contributed by atoms with Crippen LogP contribution in [0.5, 0.6) is 0 Å². The zero-order chi connectivity index (χ0) is 12.1. The summed E-state index contributed by atoms with van der Waals surface area (Å²) in [5, 5.41) is 13.6. The second kappa shape index (κ2) is 6.08. The average Bonchev–Trinajstić information content (AvgIpc) is 2.66. The number of hydrogen-bond acceptors (Lipinski definition) is 4. The summed E-state index contributed by atoms with van der Waals surface area (Å²) in [6.45, 7) is 4.83. The molecule has 0 amide bonds. The molecule has 96 valence electrons. The number of ether oxygens (including phenoxy) is 1. The molecule has 2 unspecified atom stereocenters. The van der Waals surface area contributed by atoms with E-state index >= 15 is 0 Å². The highest BCUT2D eigenvalue weighted by Crippen LogP contribution is 2.38. The third kappa shape index (κ3) is 2.96. The summed E-state index contributed by atoms with van der Waals surface area (Å²) >= 11 is 2.02. The molecule has 0 aromatic rings. The topological polar surface area (TPSA) is 45.0 Å². The highest BCUT2D eigenvalue weighted by atomic mass is 32.2. The van der Waals surface area contributed by atoms with E-state index < -0.39 is 0 Å². The average molecular weight is 254 g/mol. The summed E-state index contributed by atoms with van der Waals surface area (Å²) in [4.78, 5) is 0. The van der Waals surface area contributed by atoms with Crippen molar-refractivity contribution in [1.29, 1.82) is 5.26 Å². The fraction of sp³-hybridized carbons (Fsp3) is 0.923. The van der Waals surface area contributed by atoms with Crippen LogP contribution in [0.25, 0.3) is 0 Å². The molecule has 1 heterocycles. The summed E-state index contributed by atoms with van der Waals surface area (Å²) in [5.74, 6) is 1.72. The Morgan fingerprint density at radius 3 is 2.94 bits per heavy atom. The van der Waals surface area contributed by atoms with Crippen LogP contribution in [0.2, 0.25) is 0 Å². The Labute approximate surface area is 108 Å². The zero-order valence-corrected chi connectivity index (χ0v) is 11.4. The van der Waals surface area contributed by atoms with Gasteiger partial charge in [-0.15, -0.1) is 0 Å². The third-order valence-electron chi connectivity index (χ3n) is 3.94. The molecule has 0 spiro atoms. The maximum absolute atomic E-state index is 9.44. The molecule has 17 heavy (non-hydrogen) atoms. The Hall–Kier alpha value is -0.240. The Balaban J connectivity index is 1.79. The zero-order valence-electron chi connectivity index (χ0n) is 10.6. The summed E-state index contributed by atoms with van der Waals surface area (Å²) in [7, 11) is 0. The van der Waals surface area contributed by atoms with Crippen LogP contribution in [0.15, 0.2) is 0 Å². The number of nitriles is 1. The molecule has 1 saturated carbocycles. The first-order chi connectivity index (χ1) is 8.30. The Kier molecular flexibility index (Phi) is 4.72. The summed E-state index contributed by atoms with van der Waals surface area (Å²) in [5.41, 5.74) is -0.231. The van der Waals surface area contributed by atoms with Gasteiger partial charge in [0.15, 0.2) is 0 Å². The van der Waals surface area contributed by atoms with Gasteiger partial charge in [-0.05, 0) is 37.5 Å². The van der Waals surface area contributed by atoms with Crippen molar-refractivity contribution in [3.05, 3.63) is 0 Å². The molecule has 0 aromatic carbocycles. The van der Waals surface area contributed by atoms with Gasteiger partial charge in [-0.2, -0.15) is 17.0 Å². The van der Waals surface area contributed by atoms with Gasteiger partial charge in [0.05, 0.1) is 24.5 Å². The van der Waals surface area contributed by atoms with Crippen molar-refractivity contribution in [3.63, 3.8) is 0 Å². The van der Waals surface area contributed by atoms with Crippen molar-refractivity contribution in [2.24, 2.45) is 5.92 Å². The standard InChI is InChI=1S/C13H22N2OS/c1-2-15-13(10-14)6-3-4-11(13)5-7-17-12-8-16-9-12/h11-12,15H,2-9H2,1H3. The molecule has 2 atom stereocenters. The lowest BCUT2D eigenvalue weighted by Crippen LogP contribution is -2.47. The molecular weight excluding hydrogens is 232 g/mol.